The third-order valence-electron chi connectivity index (χ3n) is 3.93. The van der Waals surface area contributed by atoms with E-state index in [4.69, 9.17) is 25.6 Å². The van der Waals surface area contributed by atoms with Gasteiger partial charge in [0.2, 0.25) is 0 Å². The van der Waals surface area contributed by atoms with Gasteiger partial charge in [0.1, 0.15) is 12.7 Å². The fourth-order valence-electron chi connectivity index (χ4n) is 2.59. The molecule has 0 saturated carbocycles. The molecule has 1 aromatic heterocycles. The van der Waals surface area contributed by atoms with Gasteiger partial charge in [-0.3, -0.25) is 4.79 Å². The maximum absolute atomic E-state index is 12.3. The van der Waals surface area contributed by atoms with Crippen molar-refractivity contribution in [3.63, 3.8) is 0 Å². The molecule has 1 aliphatic heterocycles. The molecule has 7 heteroatoms. The SMILES string of the molecule is O=C(NCC1COc2ccccc2O1)c1cc(-c2ccc(Cl)cc2)on1. The standard InChI is InChI=1S/C19H15ClN2O4/c20-13-7-5-12(6-8-13)18-9-15(22-26-18)19(23)21-10-14-11-24-16-3-1-2-4-17(16)25-14/h1-9,14H,10-11H2,(H,21,23). The van der Waals surface area contributed by atoms with E-state index >= 15 is 0 Å². The number of benzene rings is 2. The molecule has 3 aromatic rings. The van der Waals surface area contributed by atoms with Gasteiger partial charge in [-0.05, 0) is 36.4 Å². The molecule has 1 amide bonds. The normalized spacial score (nSPS) is 15.5. The van der Waals surface area contributed by atoms with Crippen LogP contribution in [-0.4, -0.2) is 30.3 Å². The molecular weight excluding hydrogens is 356 g/mol. The van der Waals surface area contributed by atoms with Gasteiger partial charge in [-0.2, -0.15) is 0 Å². The Hall–Kier alpha value is -2.99. The third-order valence-corrected chi connectivity index (χ3v) is 4.18. The summed E-state index contributed by atoms with van der Waals surface area (Å²) in [6, 6.07) is 16.1. The van der Waals surface area contributed by atoms with Gasteiger partial charge in [-0.15, -0.1) is 0 Å². The summed E-state index contributed by atoms with van der Waals surface area (Å²) < 4.78 is 16.7. The second kappa shape index (κ2) is 7.09. The summed E-state index contributed by atoms with van der Waals surface area (Å²) in [6.45, 7) is 0.669. The van der Waals surface area contributed by atoms with Gasteiger partial charge < -0.3 is 19.3 Å². The molecule has 2 aromatic carbocycles. The van der Waals surface area contributed by atoms with Crippen LogP contribution < -0.4 is 14.8 Å². The molecule has 2 heterocycles. The van der Waals surface area contributed by atoms with Crippen LogP contribution in [0.25, 0.3) is 11.3 Å². The first kappa shape index (κ1) is 16.5. The number of para-hydroxylation sites is 2. The lowest BCUT2D eigenvalue weighted by atomic mass is 10.1. The van der Waals surface area contributed by atoms with Crippen molar-refractivity contribution in [2.24, 2.45) is 0 Å². The molecule has 132 valence electrons. The van der Waals surface area contributed by atoms with Crippen LogP contribution >= 0.6 is 11.6 Å². The topological polar surface area (TPSA) is 73.6 Å². The molecule has 0 bridgehead atoms. The Balaban J connectivity index is 1.36. The largest absolute Gasteiger partial charge is 0.486 e. The van der Waals surface area contributed by atoms with Gasteiger partial charge in [-0.1, -0.05) is 28.9 Å². The summed E-state index contributed by atoms with van der Waals surface area (Å²) in [4.78, 5) is 12.3. The Labute approximate surface area is 154 Å². The summed E-state index contributed by atoms with van der Waals surface area (Å²) in [5.74, 6) is 1.54. The molecule has 0 aliphatic carbocycles. The zero-order valence-corrected chi connectivity index (χ0v) is 14.4. The number of carbonyl (C=O) groups is 1. The van der Waals surface area contributed by atoms with Crippen LogP contribution in [0.3, 0.4) is 0 Å². The molecule has 0 fully saturated rings. The quantitative estimate of drug-likeness (QED) is 0.760. The molecule has 1 unspecified atom stereocenters. The van der Waals surface area contributed by atoms with E-state index in [1.807, 2.05) is 24.3 Å². The first-order valence-corrected chi connectivity index (χ1v) is 8.46. The summed E-state index contributed by atoms with van der Waals surface area (Å²) >= 11 is 5.87. The molecule has 1 aliphatic rings. The van der Waals surface area contributed by atoms with Crippen molar-refractivity contribution in [3.8, 4) is 22.8 Å². The number of aromatic nitrogens is 1. The minimum absolute atomic E-state index is 0.201. The monoisotopic (exact) mass is 370 g/mol. The van der Waals surface area contributed by atoms with E-state index in [1.165, 1.54) is 0 Å². The first-order valence-electron chi connectivity index (χ1n) is 8.08. The van der Waals surface area contributed by atoms with E-state index in [-0.39, 0.29) is 17.7 Å². The number of ether oxygens (including phenoxy) is 2. The predicted octanol–water partition coefficient (Wildman–Crippen LogP) is 3.56. The van der Waals surface area contributed by atoms with Crippen LogP contribution in [0.2, 0.25) is 5.02 Å². The number of hydrogen-bond acceptors (Lipinski definition) is 5. The molecule has 4 rings (SSSR count). The second-order valence-corrected chi connectivity index (χ2v) is 6.23. The van der Waals surface area contributed by atoms with Crippen molar-refractivity contribution in [3.05, 3.63) is 65.3 Å². The number of nitrogens with zero attached hydrogens (tertiary/aromatic N) is 1. The van der Waals surface area contributed by atoms with E-state index in [0.717, 1.165) is 5.56 Å². The van der Waals surface area contributed by atoms with Gasteiger partial charge >= 0.3 is 0 Å². The average Bonchev–Trinajstić information content (AvgIpc) is 3.17. The maximum atomic E-state index is 12.3. The molecule has 0 radical (unpaired) electrons. The van der Waals surface area contributed by atoms with E-state index in [0.29, 0.717) is 35.4 Å². The minimum Gasteiger partial charge on any atom is -0.486 e. The van der Waals surface area contributed by atoms with Crippen LogP contribution in [0.15, 0.2) is 59.1 Å². The van der Waals surface area contributed by atoms with Crippen molar-refractivity contribution >= 4 is 17.5 Å². The molecule has 26 heavy (non-hydrogen) atoms. The summed E-state index contributed by atoms with van der Waals surface area (Å²) in [6.07, 6.45) is -0.267. The molecule has 6 nitrogen and oxygen atoms in total. The summed E-state index contributed by atoms with van der Waals surface area (Å²) in [5, 5.41) is 7.24. The van der Waals surface area contributed by atoms with Crippen LogP contribution in [0.4, 0.5) is 0 Å². The van der Waals surface area contributed by atoms with Crippen molar-refractivity contribution in [2.75, 3.05) is 13.2 Å². The number of halogens is 1. The zero-order chi connectivity index (χ0) is 17.9. The van der Waals surface area contributed by atoms with E-state index < -0.39 is 0 Å². The van der Waals surface area contributed by atoms with E-state index in [2.05, 4.69) is 10.5 Å². The van der Waals surface area contributed by atoms with E-state index in [9.17, 15) is 4.79 Å². The highest BCUT2D eigenvalue weighted by Crippen LogP contribution is 2.30. The Bertz CT molecular complexity index is 923. The molecule has 1 N–H and O–H groups in total. The Morgan fingerprint density at radius 3 is 2.73 bits per heavy atom. The fraction of sp³-hybridized carbons (Fsp3) is 0.158. The van der Waals surface area contributed by atoms with Gasteiger partial charge in [-0.25, -0.2) is 0 Å². The van der Waals surface area contributed by atoms with Crippen LogP contribution in [-0.2, 0) is 0 Å². The highest BCUT2D eigenvalue weighted by molar-refractivity contribution is 6.30. The lowest BCUT2D eigenvalue weighted by Gasteiger charge is -2.26. The van der Waals surface area contributed by atoms with Crippen molar-refractivity contribution in [1.82, 2.24) is 10.5 Å². The van der Waals surface area contributed by atoms with Crippen molar-refractivity contribution < 1.29 is 18.8 Å². The Kier molecular flexibility index (Phi) is 4.50. The second-order valence-electron chi connectivity index (χ2n) is 5.79. The Morgan fingerprint density at radius 1 is 1.15 bits per heavy atom. The summed E-state index contributed by atoms with van der Waals surface area (Å²) in [5.41, 5.74) is 0.994. The predicted molar refractivity (Wildman–Crippen MR) is 95.6 cm³/mol. The van der Waals surface area contributed by atoms with Crippen molar-refractivity contribution in [2.45, 2.75) is 6.10 Å². The summed E-state index contributed by atoms with van der Waals surface area (Å²) in [7, 11) is 0. The van der Waals surface area contributed by atoms with Crippen LogP contribution in [0.1, 0.15) is 10.5 Å². The van der Waals surface area contributed by atoms with Crippen LogP contribution in [0.5, 0.6) is 11.5 Å². The fourth-order valence-corrected chi connectivity index (χ4v) is 2.72. The van der Waals surface area contributed by atoms with Gasteiger partial charge in [0.05, 0.1) is 6.54 Å². The number of fused-ring (bicyclic) bond motifs is 1. The van der Waals surface area contributed by atoms with E-state index in [1.54, 1.807) is 30.3 Å². The minimum atomic E-state index is -0.337. The average molecular weight is 371 g/mol. The van der Waals surface area contributed by atoms with Crippen molar-refractivity contribution in [1.29, 1.82) is 0 Å². The number of nitrogens with one attached hydrogen (secondary N) is 1. The number of carbonyl (C=O) groups excluding carboxylic acids is 1. The smallest absolute Gasteiger partial charge is 0.273 e. The van der Waals surface area contributed by atoms with Gasteiger partial charge in [0, 0.05) is 16.7 Å². The first-order chi connectivity index (χ1) is 12.7. The number of rotatable bonds is 4. The molecule has 1 atom stereocenters. The third kappa shape index (κ3) is 3.50. The molecular formula is C19H15ClN2O4. The highest BCUT2D eigenvalue weighted by Gasteiger charge is 2.22. The highest BCUT2D eigenvalue weighted by atomic mass is 35.5. The lowest BCUT2D eigenvalue weighted by molar-refractivity contribution is 0.0784. The number of hydrogen-bond donors (Lipinski definition) is 1. The lowest BCUT2D eigenvalue weighted by Crippen LogP contribution is -2.40. The van der Waals surface area contributed by atoms with Crippen LogP contribution in [0, 0.1) is 0 Å². The molecule has 0 saturated heterocycles. The van der Waals surface area contributed by atoms with Gasteiger partial charge in [0.15, 0.2) is 23.0 Å². The van der Waals surface area contributed by atoms with Gasteiger partial charge in [0.25, 0.3) is 5.91 Å². The molecule has 0 spiro atoms. The maximum Gasteiger partial charge on any atom is 0.273 e. The Morgan fingerprint density at radius 2 is 1.92 bits per heavy atom. The number of amides is 1. The zero-order valence-electron chi connectivity index (χ0n) is 13.6.